The van der Waals surface area contributed by atoms with E-state index in [1.165, 1.54) is 10.6 Å². The second-order valence-electron chi connectivity index (χ2n) is 4.22. The molecule has 1 unspecified atom stereocenters. The SMILES string of the molecule is CS(=O)(=O)N1CCCC(NC(=O)c2csnn2)C1. The maximum absolute atomic E-state index is 11.8. The second-order valence-corrected chi connectivity index (χ2v) is 6.82. The Kier molecular flexibility index (Phi) is 3.93. The molecule has 0 saturated carbocycles. The minimum Gasteiger partial charge on any atom is -0.347 e. The number of hydrogen-bond acceptors (Lipinski definition) is 6. The fourth-order valence-corrected chi connectivity index (χ4v) is 3.23. The molecule has 9 heteroatoms. The highest BCUT2D eigenvalue weighted by Crippen LogP contribution is 2.13. The zero-order valence-corrected chi connectivity index (χ0v) is 11.5. The average Bonchev–Trinajstić information content (AvgIpc) is 2.81. The molecular formula is C9H14N4O3S2. The zero-order valence-electron chi connectivity index (χ0n) is 9.87. The van der Waals surface area contributed by atoms with Crippen molar-refractivity contribution < 1.29 is 13.2 Å². The van der Waals surface area contributed by atoms with E-state index in [9.17, 15) is 13.2 Å². The van der Waals surface area contributed by atoms with Crippen LogP contribution in [0.3, 0.4) is 0 Å². The average molecular weight is 290 g/mol. The largest absolute Gasteiger partial charge is 0.347 e. The highest BCUT2D eigenvalue weighted by Gasteiger charge is 2.27. The highest BCUT2D eigenvalue weighted by molar-refractivity contribution is 7.88. The molecule has 1 saturated heterocycles. The van der Waals surface area contributed by atoms with Gasteiger partial charge in [-0.3, -0.25) is 4.79 Å². The van der Waals surface area contributed by atoms with E-state index in [4.69, 9.17) is 0 Å². The number of sulfonamides is 1. The van der Waals surface area contributed by atoms with Crippen LogP contribution in [-0.4, -0.2) is 53.6 Å². The van der Waals surface area contributed by atoms with Gasteiger partial charge in [0.2, 0.25) is 10.0 Å². The Hall–Kier alpha value is -1.06. The summed E-state index contributed by atoms with van der Waals surface area (Å²) in [5.74, 6) is -0.302. The fourth-order valence-electron chi connectivity index (χ4n) is 1.88. The summed E-state index contributed by atoms with van der Waals surface area (Å²) in [6.07, 6.45) is 2.70. The third-order valence-corrected chi connectivity index (χ3v) is 4.56. The van der Waals surface area contributed by atoms with Crippen LogP contribution in [0.2, 0.25) is 0 Å². The van der Waals surface area contributed by atoms with Gasteiger partial charge in [-0.15, -0.1) is 5.10 Å². The van der Waals surface area contributed by atoms with Gasteiger partial charge in [-0.05, 0) is 24.4 Å². The molecule has 0 spiro atoms. The lowest BCUT2D eigenvalue weighted by Gasteiger charge is -2.31. The smallest absolute Gasteiger partial charge is 0.272 e. The summed E-state index contributed by atoms with van der Waals surface area (Å²) in [5.41, 5.74) is 0.275. The van der Waals surface area contributed by atoms with Crippen LogP contribution >= 0.6 is 11.5 Å². The van der Waals surface area contributed by atoms with Crippen LogP contribution in [0.1, 0.15) is 23.3 Å². The standard InChI is InChI=1S/C9H14N4O3S2/c1-18(15,16)13-4-2-3-7(5-13)10-9(14)8-6-17-12-11-8/h6-7H,2-5H2,1H3,(H,10,14). The Morgan fingerprint density at radius 3 is 3.00 bits per heavy atom. The molecule has 2 rings (SSSR count). The van der Waals surface area contributed by atoms with Crippen LogP contribution < -0.4 is 5.32 Å². The summed E-state index contributed by atoms with van der Waals surface area (Å²) in [7, 11) is -3.19. The summed E-state index contributed by atoms with van der Waals surface area (Å²) in [6.45, 7) is 0.839. The minimum atomic E-state index is -3.19. The molecule has 7 nitrogen and oxygen atoms in total. The lowest BCUT2D eigenvalue weighted by Crippen LogP contribution is -2.49. The zero-order chi connectivity index (χ0) is 13.2. The molecule has 1 amide bonds. The van der Waals surface area contributed by atoms with Crippen molar-refractivity contribution in [1.82, 2.24) is 19.2 Å². The number of nitrogens with zero attached hydrogens (tertiary/aromatic N) is 3. The lowest BCUT2D eigenvalue weighted by molar-refractivity contribution is 0.0916. The Balaban J connectivity index is 1.96. The van der Waals surface area contributed by atoms with Gasteiger partial charge in [-0.1, -0.05) is 4.49 Å². The number of rotatable bonds is 3. The Labute approximate surface area is 109 Å². The van der Waals surface area contributed by atoms with Crippen LogP contribution in [0.4, 0.5) is 0 Å². The summed E-state index contributed by atoms with van der Waals surface area (Å²) < 4.78 is 27.9. The first-order chi connectivity index (χ1) is 8.47. The molecule has 0 bridgehead atoms. The first kappa shape index (κ1) is 13.4. The number of amides is 1. The van der Waals surface area contributed by atoms with Crippen LogP contribution in [-0.2, 0) is 10.0 Å². The van der Waals surface area contributed by atoms with Crippen molar-refractivity contribution in [2.45, 2.75) is 18.9 Å². The van der Waals surface area contributed by atoms with Crippen LogP contribution in [0.25, 0.3) is 0 Å². The van der Waals surface area contributed by atoms with Gasteiger partial charge in [0.25, 0.3) is 5.91 Å². The molecule has 1 aliphatic rings. The summed E-state index contributed by atoms with van der Waals surface area (Å²) in [4.78, 5) is 11.8. The van der Waals surface area contributed by atoms with Crippen molar-refractivity contribution in [3.05, 3.63) is 11.1 Å². The van der Waals surface area contributed by atoms with Crippen LogP contribution in [0, 0.1) is 0 Å². The maximum Gasteiger partial charge on any atom is 0.272 e. The van der Waals surface area contributed by atoms with Gasteiger partial charge in [-0.25, -0.2) is 12.7 Å². The van der Waals surface area contributed by atoms with Crippen molar-refractivity contribution in [2.75, 3.05) is 19.3 Å². The normalized spacial score (nSPS) is 21.7. The number of carbonyl (C=O) groups excluding carboxylic acids is 1. The fraction of sp³-hybridized carbons (Fsp3) is 0.667. The third-order valence-electron chi connectivity index (χ3n) is 2.78. The Morgan fingerprint density at radius 1 is 1.61 bits per heavy atom. The van der Waals surface area contributed by atoms with Gasteiger partial charge >= 0.3 is 0 Å². The maximum atomic E-state index is 11.8. The van der Waals surface area contributed by atoms with Gasteiger partial charge in [0.05, 0.1) is 6.26 Å². The quantitative estimate of drug-likeness (QED) is 0.824. The lowest BCUT2D eigenvalue weighted by atomic mass is 10.1. The summed E-state index contributed by atoms with van der Waals surface area (Å²) in [6, 6.07) is -0.164. The van der Waals surface area contributed by atoms with Gasteiger partial charge < -0.3 is 5.32 Å². The van der Waals surface area contributed by atoms with Gasteiger partial charge in [0.1, 0.15) is 0 Å². The predicted molar refractivity (Wildman–Crippen MR) is 66.8 cm³/mol. The van der Waals surface area contributed by atoms with Crippen LogP contribution in [0.5, 0.6) is 0 Å². The van der Waals surface area contributed by atoms with E-state index in [2.05, 4.69) is 14.9 Å². The molecule has 1 aliphatic heterocycles. The highest BCUT2D eigenvalue weighted by atomic mass is 32.2. The summed E-state index contributed by atoms with van der Waals surface area (Å²) in [5, 5.41) is 8.02. The van der Waals surface area contributed by atoms with Crippen molar-refractivity contribution in [1.29, 1.82) is 0 Å². The van der Waals surface area contributed by atoms with Gasteiger partial charge in [0.15, 0.2) is 5.69 Å². The monoisotopic (exact) mass is 290 g/mol. The van der Waals surface area contributed by atoms with Gasteiger partial charge in [-0.2, -0.15) is 0 Å². The molecule has 2 heterocycles. The molecule has 18 heavy (non-hydrogen) atoms. The Morgan fingerprint density at radius 2 is 2.39 bits per heavy atom. The molecule has 1 fully saturated rings. The number of piperidine rings is 1. The third kappa shape index (κ3) is 3.24. The van der Waals surface area contributed by atoms with E-state index in [0.29, 0.717) is 13.1 Å². The molecule has 1 atom stereocenters. The van der Waals surface area contributed by atoms with Crippen molar-refractivity contribution >= 4 is 27.5 Å². The second kappa shape index (κ2) is 5.29. The van der Waals surface area contributed by atoms with Crippen molar-refractivity contribution in [3.8, 4) is 0 Å². The topological polar surface area (TPSA) is 92.3 Å². The minimum absolute atomic E-state index is 0.164. The molecule has 0 aromatic carbocycles. The first-order valence-electron chi connectivity index (χ1n) is 5.50. The molecule has 1 aromatic rings. The van der Waals surface area contributed by atoms with E-state index >= 15 is 0 Å². The number of nitrogens with one attached hydrogen (secondary N) is 1. The molecular weight excluding hydrogens is 276 g/mol. The Bertz CT molecular complexity index is 514. The van der Waals surface area contributed by atoms with Crippen molar-refractivity contribution in [3.63, 3.8) is 0 Å². The number of carbonyl (C=O) groups is 1. The molecule has 1 N–H and O–H groups in total. The molecule has 1 aromatic heterocycles. The number of aromatic nitrogens is 2. The van der Waals surface area contributed by atoms with Crippen molar-refractivity contribution in [2.24, 2.45) is 0 Å². The van der Waals surface area contributed by atoms with Crippen LogP contribution in [0.15, 0.2) is 5.38 Å². The first-order valence-corrected chi connectivity index (χ1v) is 8.18. The van der Waals surface area contributed by atoms with E-state index in [1.54, 1.807) is 5.38 Å². The molecule has 100 valence electrons. The van der Waals surface area contributed by atoms with Gasteiger partial charge in [0, 0.05) is 24.5 Å². The number of hydrogen-bond donors (Lipinski definition) is 1. The summed E-state index contributed by atoms with van der Waals surface area (Å²) >= 11 is 1.11. The van der Waals surface area contributed by atoms with E-state index in [0.717, 1.165) is 24.4 Å². The molecule has 0 aliphatic carbocycles. The predicted octanol–water partition coefficient (Wildman–Crippen LogP) is -0.308. The van der Waals surface area contributed by atoms with E-state index < -0.39 is 10.0 Å². The van der Waals surface area contributed by atoms with E-state index in [1.807, 2.05) is 0 Å². The molecule has 0 radical (unpaired) electrons. The van der Waals surface area contributed by atoms with E-state index in [-0.39, 0.29) is 17.6 Å².